The lowest BCUT2D eigenvalue weighted by Gasteiger charge is -2.18. The molecule has 1 atom stereocenters. The lowest BCUT2D eigenvalue weighted by Crippen LogP contribution is -2.41. The summed E-state index contributed by atoms with van der Waals surface area (Å²) >= 11 is 0. The van der Waals surface area contributed by atoms with Gasteiger partial charge in [-0.25, -0.2) is 0 Å². The second kappa shape index (κ2) is 5.70. The van der Waals surface area contributed by atoms with Crippen molar-refractivity contribution in [3.63, 3.8) is 0 Å². The summed E-state index contributed by atoms with van der Waals surface area (Å²) in [4.78, 5) is 14.1. The van der Waals surface area contributed by atoms with E-state index in [1.807, 2.05) is 31.3 Å². The summed E-state index contributed by atoms with van der Waals surface area (Å²) in [6.07, 6.45) is 7.47. The van der Waals surface area contributed by atoms with E-state index < -0.39 is 0 Å². The number of amides is 1. The van der Waals surface area contributed by atoms with Gasteiger partial charge in [0, 0.05) is 12.1 Å². The summed E-state index contributed by atoms with van der Waals surface area (Å²) in [6.45, 7) is 1.50. The van der Waals surface area contributed by atoms with Crippen LogP contribution in [0, 0.1) is 12.3 Å². The maximum absolute atomic E-state index is 12.0. The van der Waals surface area contributed by atoms with Crippen LogP contribution in [0.25, 0.3) is 0 Å². The molecule has 0 spiro atoms. The van der Waals surface area contributed by atoms with Crippen molar-refractivity contribution in [2.24, 2.45) is 0 Å². The van der Waals surface area contributed by atoms with Gasteiger partial charge < -0.3 is 5.32 Å². The van der Waals surface area contributed by atoms with Crippen molar-refractivity contribution in [3.05, 3.63) is 35.4 Å². The van der Waals surface area contributed by atoms with Crippen LogP contribution in [0.1, 0.15) is 24.0 Å². The number of carbonyl (C=O) groups is 1. The molecule has 3 nitrogen and oxygen atoms in total. The fourth-order valence-corrected chi connectivity index (χ4v) is 2.36. The average molecular weight is 242 g/mol. The molecule has 0 saturated carbocycles. The van der Waals surface area contributed by atoms with E-state index >= 15 is 0 Å². The van der Waals surface area contributed by atoms with Crippen LogP contribution in [0.4, 0.5) is 0 Å². The van der Waals surface area contributed by atoms with Crippen LogP contribution in [0.15, 0.2) is 24.3 Å². The molecular weight excluding hydrogens is 224 g/mol. The fourth-order valence-electron chi connectivity index (χ4n) is 2.36. The predicted molar refractivity (Wildman–Crippen MR) is 71.9 cm³/mol. The van der Waals surface area contributed by atoms with E-state index in [-0.39, 0.29) is 11.9 Å². The van der Waals surface area contributed by atoms with Crippen LogP contribution in [-0.4, -0.2) is 30.4 Å². The number of likely N-dealkylation sites (N-methyl/N-ethyl adjacent to an activating group) is 1. The first-order valence-corrected chi connectivity index (χ1v) is 6.25. The average Bonchev–Trinajstić information content (AvgIpc) is 2.82. The third-order valence-corrected chi connectivity index (χ3v) is 3.45. The molecule has 3 heteroatoms. The van der Waals surface area contributed by atoms with Crippen molar-refractivity contribution >= 4 is 5.91 Å². The zero-order valence-electron chi connectivity index (χ0n) is 10.6. The normalized spacial score (nSPS) is 19.4. The first kappa shape index (κ1) is 12.7. The molecule has 1 aromatic rings. The van der Waals surface area contributed by atoms with E-state index in [9.17, 15) is 4.79 Å². The van der Waals surface area contributed by atoms with Gasteiger partial charge in [-0.15, -0.1) is 6.42 Å². The molecule has 1 fully saturated rings. The summed E-state index contributed by atoms with van der Waals surface area (Å²) in [7, 11) is 1.99. The van der Waals surface area contributed by atoms with Gasteiger partial charge in [-0.2, -0.15) is 0 Å². The molecular formula is C15H18N2O. The van der Waals surface area contributed by atoms with E-state index in [4.69, 9.17) is 6.42 Å². The Bertz CT molecular complexity index is 476. The molecule has 94 valence electrons. The number of benzene rings is 1. The summed E-state index contributed by atoms with van der Waals surface area (Å²) in [5.41, 5.74) is 1.84. The Morgan fingerprint density at radius 3 is 3.00 bits per heavy atom. The van der Waals surface area contributed by atoms with Crippen molar-refractivity contribution in [1.82, 2.24) is 10.2 Å². The number of nitrogens with zero attached hydrogens (tertiary/aromatic N) is 1. The number of rotatable bonds is 3. The number of nitrogens with one attached hydrogen (secondary N) is 1. The lowest BCUT2D eigenvalue weighted by atomic mass is 10.1. The van der Waals surface area contributed by atoms with Gasteiger partial charge in [0.2, 0.25) is 5.91 Å². The van der Waals surface area contributed by atoms with Crippen LogP contribution in [0.3, 0.4) is 0 Å². The SMILES string of the molecule is C#Cc1ccccc1CNC(=O)C1CCCN1C. The first-order chi connectivity index (χ1) is 8.72. The van der Waals surface area contributed by atoms with Crippen LogP contribution >= 0.6 is 0 Å². The maximum atomic E-state index is 12.0. The molecule has 0 radical (unpaired) electrons. The minimum atomic E-state index is 0.0167. The van der Waals surface area contributed by atoms with E-state index in [1.165, 1.54) is 0 Å². The van der Waals surface area contributed by atoms with Gasteiger partial charge in [0.05, 0.1) is 6.04 Å². The minimum absolute atomic E-state index is 0.0167. The minimum Gasteiger partial charge on any atom is -0.351 e. The Hall–Kier alpha value is -1.79. The number of hydrogen-bond acceptors (Lipinski definition) is 2. The van der Waals surface area contributed by atoms with Crippen LogP contribution in [0.5, 0.6) is 0 Å². The van der Waals surface area contributed by atoms with E-state index in [2.05, 4.69) is 16.1 Å². The highest BCUT2D eigenvalue weighted by atomic mass is 16.2. The second-order valence-electron chi connectivity index (χ2n) is 4.66. The van der Waals surface area contributed by atoms with Crippen molar-refractivity contribution in [2.75, 3.05) is 13.6 Å². The Balaban J connectivity index is 1.95. The maximum Gasteiger partial charge on any atom is 0.237 e. The molecule has 1 aromatic carbocycles. The molecule has 1 aliphatic rings. The van der Waals surface area contributed by atoms with Crippen molar-refractivity contribution in [1.29, 1.82) is 0 Å². The van der Waals surface area contributed by atoms with E-state index in [0.717, 1.165) is 30.5 Å². The Kier molecular flexibility index (Phi) is 4.01. The fraction of sp³-hybridized carbons (Fsp3) is 0.400. The van der Waals surface area contributed by atoms with Crippen LogP contribution < -0.4 is 5.32 Å². The lowest BCUT2D eigenvalue weighted by molar-refractivity contribution is -0.125. The smallest absolute Gasteiger partial charge is 0.237 e. The zero-order valence-corrected chi connectivity index (χ0v) is 10.6. The zero-order chi connectivity index (χ0) is 13.0. The molecule has 1 saturated heterocycles. The van der Waals surface area contributed by atoms with E-state index in [0.29, 0.717) is 6.54 Å². The monoisotopic (exact) mass is 242 g/mol. The van der Waals surface area contributed by atoms with Gasteiger partial charge in [-0.3, -0.25) is 9.69 Å². The second-order valence-corrected chi connectivity index (χ2v) is 4.66. The Labute approximate surface area is 108 Å². The summed E-state index contributed by atoms with van der Waals surface area (Å²) < 4.78 is 0. The van der Waals surface area contributed by atoms with Crippen molar-refractivity contribution in [3.8, 4) is 12.3 Å². The quantitative estimate of drug-likeness (QED) is 0.812. The molecule has 0 bridgehead atoms. The van der Waals surface area contributed by atoms with Gasteiger partial charge >= 0.3 is 0 Å². The molecule has 0 aromatic heterocycles. The van der Waals surface area contributed by atoms with Crippen molar-refractivity contribution in [2.45, 2.75) is 25.4 Å². The third-order valence-electron chi connectivity index (χ3n) is 3.45. The molecule has 2 rings (SSSR count). The highest BCUT2D eigenvalue weighted by Gasteiger charge is 2.27. The highest BCUT2D eigenvalue weighted by molar-refractivity contribution is 5.82. The molecule has 18 heavy (non-hydrogen) atoms. The van der Waals surface area contributed by atoms with Gasteiger partial charge in [0.25, 0.3) is 0 Å². The molecule has 1 aliphatic heterocycles. The standard InChI is InChI=1S/C15H18N2O/c1-3-12-7-4-5-8-13(12)11-16-15(18)14-9-6-10-17(14)2/h1,4-5,7-8,14H,6,9-11H2,2H3,(H,16,18). The molecule has 0 aliphatic carbocycles. The summed E-state index contributed by atoms with van der Waals surface area (Å²) in [6, 6.07) is 7.70. The molecule has 1 N–H and O–H groups in total. The number of likely N-dealkylation sites (tertiary alicyclic amines) is 1. The van der Waals surface area contributed by atoms with E-state index in [1.54, 1.807) is 0 Å². The number of terminal acetylenes is 1. The van der Waals surface area contributed by atoms with Gasteiger partial charge in [-0.1, -0.05) is 24.1 Å². The topological polar surface area (TPSA) is 32.3 Å². The number of hydrogen-bond donors (Lipinski definition) is 1. The van der Waals surface area contributed by atoms with Crippen LogP contribution in [0.2, 0.25) is 0 Å². The van der Waals surface area contributed by atoms with Gasteiger partial charge in [0.1, 0.15) is 0 Å². The third kappa shape index (κ3) is 2.72. The van der Waals surface area contributed by atoms with Crippen LogP contribution in [-0.2, 0) is 11.3 Å². The summed E-state index contributed by atoms with van der Waals surface area (Å²) in [5, 5.41) is 2.97. The summed E-state index contributed by atoms with van der Waals surface area (Å²) in [5.74, 6) is 2.73. The highest BCUT2D eigenvalue weighted by Crippen LogP contribution is 2.15. The van der Waals surface area contributed by atoms with Gasteiger partial charge in [-0.05, 0) is 38.1 Å². The van der Waals surface area contributed by atoms with Gasteiger partial charge in [0.15, 0.2) is 0 Å². The molecule has 1 unspecified atom stereocenters. The first-order valence-electron chi connectivity index (χ1n) is 6.25. The Morgan fingerprint density at radius 1 is 1.56 bits per heavy atom. The predicted octanol–water partition coefficient (Wildman–Crippen LogP) is 1.38. The number of carbonyl (C=O) groups excluding carboxylic acids is 1. The largest absolute Gasteiger partial charge is 0.351 e. The Morgan fingerprint density at radius 2 is 2.33 bits per heavy atom. The van der Waals surface area contributed by atoms with Crippen molar-refractivity contribution < 1.29 is 4.79 Å². The molecule has 1 heterocycles. The molecule has 1 amide bonds.